The fraction of sp³-hybridized carbons (Fsp3) is 0.700. The molecule has 0 aromatic carbocycles. The standard InChI is InChI=1S/C10H14N2O3S3/c1-5-6(2)18-7(3-16-5)9-11-10(15-12-9)17-4-8(13)14/h5-7H,3-4H2,1-2H3,(H,13,14). The molecule has 1 aromatic rings. The second kappa shape index (κ2) is 6.21. The minimum absolute atomic E-state index is 0.0539. The number of aliphatic carboxylic acids is 1. The van der Waals surface area contributed by atoms with Crippen LogP contribution in [0.3, 0.4) is 0 Å². The summed E-state index contributed by atoms with van der Waals surface area (Å²) in [5.74, 6) is 0.712. The minimum atomic E-state index is -0.884. The summed E-state index contributed by atoms with van der Waals surface area (Å²) < 4.78 is 5.05. The number of nitrogens with zero attached hydrogens (tertiary/aromatic N) is 2. The minimum Gasteiger partial charge on any atom is -0.481 e. The van der Waals surface area contributed by atoms with Crippen LogP contribution in [0.5, 0.6) is 0 Å². The fourth-order valence-electron chi connectivity index (χ4n) is 1.45. The maximum absolute atomic E-state index is 10.4. The molecule has 3 unspecified atom stereocenters. The molecular weight excluding hydrogens is 292 g/mol. The van der Waals surface area contributed by atoms with Crippen LogP contribution in [0.1, 0.15) is 24.9 Å². The number of hydrogen-bond acceptors (Lipinski definition) is 7. The molecule has 1 N–H and O–H groups in total. The summed E-state index contributed by atoms with van der Waals surface area (Å²) in [4.78, 5) is 14.7. The summed E-state index contributed by atoms with van der Waals surface area (Å²) >= 11 is 4.83. The Hall–Kier alpha value is -0.340. The quantitative estimate of drug-likeness (QED) is 0.851. The lowest BCUT2D eigenvalue weighted by Gasteiger charge is -2.29. The smallest absolute Gasteiger partial charge is 0.314 e. The summed E-state index contributed by atoms with van der Waals surface area (Å²) in [6.07, 6.45) is 0. The van der Waals surface area contributed by atoms with E-state index in [9.17, 15) is 4.79 Å². The average molecular weight is 306 g/mol. The van der Waals surface area contributed by atoms with E-state index in [0.29, 0.717) is 21.5 Å². The van der Waals surface area contributed by atoms with Gasteiger partial charge in [-0.05, 0) is 0 Å². The number of thioether (sulfide) groups is 3. The van der Waals surface area contributed by atoms with E-state index in [1.54, 1.807) is 0 Å². The zero-order valence-corrected chi connectivity index (χ0v) is 12.5. The zero-order chi connectivity index (χ0) is 13.1. The molecule has 0 saturated carbocycles. The monoisotopic (exact) mass is 306 g/mol. The van der Waals surface area contributed by atoms with E-state index < -0.39 is 5.97 Å². The van der Waals surface area contributed by atoms with Gasteiger partial charge >= 0.3 is 5.97 Å². The molecule has 2 heterocycles. The predicted molar refractivity (Wildman–Crippen MR) is 74.4 cm³/mol. The maximum Gasteiger partial charge on any atom is 0.314 e. The second-order valence-corrected chi connectivity index (χ2v) is 7.89. The Bertz CT molecular complexity index is 426. The Balaban J connectivity index is 1.95. The van der Waals surface area contributed by atoms with Gasteiger partial charge in [0.2, 0.25) is 0 Å². The third kappa shape index (κ3) is 3.58. The SMILES string of the molecule is CC1SCC(c2noc(SCC(=O)O)n2)SC1C. The van der Waals surface area contributed by atoms with Crippen molar-refractivity contribution in [2.45, 2.75) is 34.8 Å². The first-order valence-electron chi connectivity index (χ1n) is 5.51. The molecule has 0 radical (unpaired) electrons. The molecule has 0 amide bonds. The van der Waals surface area contributed by atoms with Crippen LogP contribution in [-0.4, -0.2) is 43.2 Å². The second-order valence-electron chi connectivity index (χ2n) is 3.97. The van der Waals surface area contributed by atoms with Gasteiger partial charge in [-0.25, -0.2) is 0 Å². The van der Waals surface area contributed by atoms with E-state index in [1.807, 2.05) is 23.5 Å². The number of carboxylic acid groups (broad SMARTS) is 1. The van der Waals surface area contributed by atoms with Crippen molar-refractivity contribution < 1.29 is 14.4 Å². The Morgan fingerprint density at radius 3 is 3.00 bits per heavy atom. The molecule has 1 aromatic heterocycles. The first kappa shape index (κ1) is 14.1. The highest BCUT2D eigenvalue weighted by atomic mass is 32.2. The van der Waals surface area contributed by atoms with Gasteiger partial charge in [0.05, 0.1) is 5.25 Å². The van der Waals surface area contributed by atoms with Crippen molar-refractivity contribution in [3.8, 4) is 0 Å². The van der Waals surface area contributed by atoms with Crippen molar-refractivity contribution in [2.24, 2.45) is 0 Å². The van der Waals surface area contributed by atoms with Gasteiger partial charge < -0.3 is 9.63 Å². The summed E-state index contributed by atoms with van der Waals surface area (Å²) in [5.41, 5.74) is 0. The van der Waals surface area contributed by atoms with E-state index in [1.165, 1.54) is 0 Å². The van der Waals surface area contributed by atoms with Gasteiger partial charge in [-0.2, -0.15) is 16.7 Å². The molecule has 0 aliphatic carbocycles. The molecular formula is C10H14N2O3S3. The Labute approximate surface area is 118 Å². The molecule has 18 heavy (non-hydrogen) atoms. The zero-order valence-electron chi connectivity index (χ0n) is 10.0. The van der Waals surface area contributed by atoms with E-state index in [4.69, 9.17) is 9.63 Å². The van der Waals surface area contributed by atoms with Crippen molar-refractivity contribution in [3.05, 3.63) is 5.82 Å². The largest absolute Gasteiger partial charge is 0.481 e. The van der Waals surface area contributed by atoms with Crippen LogP contribution >= 0.6 is 35.3 Å². The van der Waals surface area contributed by atoms with Crippen LogP contribution in [0.4, 0.5) is 0 Å². The van der Waals surface area contributed by atoms with Crippen LogP contribution in [0.25, 0.3) is 0 Å². The average Bonchev–Trinajstić information content (AvgIpc) is 2.79. The fourth-order valence-corrected chi connectivity index (χ4v) is 4.78. The molecule has 1 saturated heterocycles. The third-order valence-corrected chi connectivity index (χ3v) is 6.77. The van der Waals surface area contributed by atoms with Gasteiger partial charge in [0, 0.05) is 16.3 Å². The van der Waals surface area contributed by atoms with Gasteiger partial charge in [-0.3, -0.25) is 4.79 Å². The number of carboxylic acids is 1. The summed E-state index contributed by atoms with van der Waals surface area (Å²) in [7, 11) is 0. The first-order valence-corrected chi connectivity index (χ1v) is 8.49. The maximum atomic E-state index is 10.4. The molecule has 1 aliphatic heterocycles. The molecule has 1 aliphatic rings. The highest BCUT2D eigenvalue weighted by Gasteiger charge is 2.29. The van der Waals surface area contributed by atoms with Gasteiger partial charge in [0.1, 0.15) is 5.75 Å². The van der Waals surface area contributed by atoms with Crippen molar-refractivity contribution in [1.29, 1.82) is 0 Å². The van der Waals surface area contributed by atoms with Gasteiger partial charge in [0.25, 0.3) is 5.22 Å². The molecule has 3 atom stereocenters. The van der Waals surface area contributed by atoms with E-state index in [-0.39, 0.29) is 11.0 Å². The molecule has 0 spiro atoms. The molecule has 100 valence electrons. The number of aromatic nitrogens is 2. The number of hydrogen-bond donors (Lipinski definition) is 1. The Morgan fingerprint density at radius 2 is 2.33 bits per heavy atom. The van der Waals surface area contributed by atoms with Crippen molar-refractivity contribution >= 4 is 41.3 Å². The van der Waals surface area contributed by atoms with Gasteiger partial charge in [-0.15, -0.1) is 11.8 Å². The van der Waals surface area contributed by atoms with Crippen LogP contribution in [0.2, 0.25) is 0 Å². The highest BCUT2D eigenvalue weighted by molar-refractivity contribution is 8.07. The van der Waals surface area contributed by atoms with Crippen LogP contribution in [0.15, 0.2) is 9.75 Å². The number of rotatable bonds is 4. The Kier molecular flexibility index (Phi) is 4.85. The van der Waals surface area contributed by atoms with Crippen molar-refractivity contribution in [2.75, 3.05) is 11.5 Å². The van der Waals surface area contributed by atoms with Crippen LogP contribution in [0, 0.1) is 0 Å². The van der Waals surface area contributed by atoms with Gasteiger partial charge in [-0.1, -0.05) is 30.8 Å². The molecule has 1 fully saturated rings. The summed E-state index contributed by atoms with van der Waals surface area (Å²) in [5, 5.41) is 14.3. The van der Waals surface area contributed by atoms with E-state index in [0.717, 1.165) is 17.5 Å². The third-order valence-electron chi connectivity index (χ3n) is 2.58. The highest BCUT2D eigenvalue weighted by Crippen LogP contribution is 2.43. The first-order chi connectivity index (χ1) is 8.56. The van der Waals surface area contributed by atoms with Gasteiger partial charge in [0.15, 0.2) is 5.82 Å². The number of carbonyl (C=O) groups is 1. The lowest BCUT2D eigenvalue weighted by Crippen LogP contribution is -2.22. The summed E-state index contributed by atoms with van der Waals surface area (Å²) in [6, 6.07) is 0. The molecule has 2 rings (SSSR count). The lowest BCUT2D eigenvalue weighted by molar-refractivity contribution is -0.133. The Morgan fingerprint density at radius 1 is 1.56 bits per heavy atom. The molecule has 5 nitrogen and oxygen atoms in total. The van der Waals surface area contributed by atoms with Crippen LogP contribution < -0.4 is 0 Å². The summed E-state index contributed by atoms with van der Waals surface area (Å²) in [6.45, 7) is 4.43. The van der Waals surface area contributed by atoms with Crippen molar-refractivity contribution in [3.63, 3.8) is 0 Å². The van der Waals surface area contributed by atoms with Crippen LogP contribution in [-0.2, 0) is 4.79 Å². The molecule has 8 heteroatoms. The van der Waals surface area contributed by atoms with Crippen molar-refractivity contribution in [1.82, 2.24) is 10.1 Å². The lowest BCUT2D eigenvalue weighted by atomic mass is 10.4. The topological polar surface area (TPSA) is 76.2 Å². The predicted octanol–water partition coefficient (Wildman–Crippen LogP) is 2.54. The normalized spacial score (nSPS) is 28.2. The molecule has 0 bridgehead atoms. The van der Waals surface area contributed by atoms with E-state index >= 15 is 0 Å². The van der Waals surface area contributed by atoms with E-state index in [2.05, 4.69) is 24.0 Å².